The Morgan fingerprint density at radius 2 is 2.00 bits per heavy atom. The maximum atomic E-state index is 12.8. The Morgan fingerprint density at radius 1 is 1.24 bits per heavy atom. The monoisotopic (exact) mass is 493 g/mol. The normalized spacial score (nSPS) is 10.7. The number of anilines is 1. The molecule has 0 aliphatic rings. The van der Waals surface area contributed by atoms with Gasteiger partial charge < -0.3 is 14.5 Å². The standard InChI is InChI=1S/C24H20ClN5O3S/c1-14-15(2)30(18-7-9-19(32-3)10-8-18)22(20(14)12-26)27-21(31)13-34-24-29-28-23(33-24)16-5-4-6-17(25)11-16/h4-11H,13H2,1-3H3,(H,27,31). The van der Waals surface area contributed by atoms with Crippen LogP contribution in [0.3, 0.4) is 0 Å². The number of ether oxygens (including phenoxy) is 1. The molecule has 1 N–H and O–H groups in total. The van der Waals surface area contributed by atoms with Crippen LogP contribution in [0.4, 0.5) is 5.82 Å². The summed E-state index contributed by atoms with van der Waals surface area (Å²) in [7, 11) is 1.60. The molecule has 0 spiro atoms. The molecule has 0 bridgehead atoms. The number of hydrogen-bond acceptors (Lipinski definition) is 7. The van der Waals surface area contributed by atoms with Gasteiger partial charge in [0.15, 0.2) is 0 Å². The molecular formula is C24H20ClN5O3S. The summed E-state index contributed by atoms with van der Waals surface area (Å²) in [6.07, 6.45) is 0. The first-order valence-electron chi connectivity index (χ1n) is 10.2. The number of carbonyl (C=O) groups excluding carboxylic acids is 1. The minimum atomic E-state index is -0.309. The van der Waals surface area contributed by atoms with Crippen molar-refractivity contribution in [2.24, 2.45) is 0 Å². The average Bonchev–Trinajstić information content (AvgIpc) is 3.41. The highest BCUT2D eigenvalue weighted by atomic mass is 35.5. The average molecular weight is 494 g/mol. The van der Waals surface area contributed by atoms with Gasteiger partial charge in [-0.3, -0.25) is 9.36 Å². The van der Waals surface area contributed by atoms with Gasteiger partial charge >= 0.3 is 0 Å². The number of amides is 1. The molecule has 0 saturated carbocycles. The van der Waals surface area contributed by atoms with Crippen molar-refractivity contribution in [2.75, 3.05) is 18.2 Å². The van der Waals surface area contributed by atoms with Gasteiger partial charge in [0.05, 0.1) is 18.4 Å². The van der Waals surface area contributed by atoms with E-state index in [0.29, 0.717) is 33.6 Å². The number of nitrogens with one attached hydrogen (secondary N) is 1. The van der Waals surface area contributed by atoms with E-state index < -0.39 is 0 Å². The minimum absolute atomic E-state index is 0.0218. The van der Waals surface area contributed by atoms with Gasteiger partial charge in [0.25, 0.3) is 5.22 Å². The van der Waals surface area contributed by atoms with Crippen LogP contribution in [0.5, 0.6) is 5.75 Å². The predicted octanol–water partition coefficient (Wildman–Crippen LogP) is 5.41. The van der Waals surface area contributed by atoms with E-state index >= 15 is 0 Å². The van der Waals surface area contributed by atoms with E-state index in [1.807, 2.05) is 48.7 Å². The van der Waals surface area contributed by atoms with Crippen molar-refractivity contribution < 1.29 is 13.9 Å². The van der Waals surface area contributed by atoms with Crippen molar-refractivity contribution in [2.45, 2.75) is 19.1 Å². The molecule has 4 rings (SSSR count). The van der Waals surface area contributed by atoms with Crippen molar-refractivity contribution >= 4 is 35.1 Å². The number of halogens is 1. The summed E-state index contributed by atoms with van der Waals surface area (Å²) < 4.78 is 12.7. The number of rotatable bonds is 7. The number of thioether (sulfide) groups is 1. The van der Waals surface area contributed by atoms with E-state index in [4.69, 9.17) is 20.8 Å². The van der Waals surface area contributed by atoms with Crippen molar-refractivity contribution in [3.05, 3.63) is 70.4 Å². The zero-order valence-corrected chi connectivity index (χ0v) is 20.2. The Hall–Kier alpha value is -3.74. The fourth-order valence-corrected chi connectivity index (χ4v) is 4.17. The molecule has 34 heavy (non-hydrogen) atoms. The Morgan fingerprint density at radius 3 is 2.68 bits per heavy atom. The Bertz CT molecular complexity index is 1390. The first kappa shape index (κ1) is 23.4. The van der Waals surface area contributed by atoms with Crippen LogP contribution in [0.15, 0.2) is 58.2 Å². The SMILES string of the molecule is COc1ccc(-n2c(C)c(C)c(C#N)c2NC(=O)CSc2nnc(-c3cccc(Cl)c3)o2)cc1. The van der Waals surface area contributed by atoms with Crippen molar-refractivity contribution in [3.63, 3.8) is 0 Å². The zero-order valence-electron chi connectivity index (χ0n) is 18.6. The summed E-state index contributed by atoms with van der Waals surface area (Å²) in [4.78, 5) is 12.8. The number of nitriles is 1. The van der Waals surface area contributed by atoms with Crippen LogP contribution in [-0.4, -0.2) is 33.5 Å². The molecule has 4 aromatic rings. The van der Waals surface area contributed by atoms with Crippen molar-refractivity contribution in [3.8, 4) is 29.0 Å². The minimum Gasteiger partial charge on any atom is -0.497 e. The summed E-state index contributed by atoms with van der Waals surface area (Å²) in [5.41, 5.74) is 3.55. The van der Waals surface area contributed by atoms with E-state index in [0.717, 1.165) is 28.7 Å². The summed E-state index contributed by atoms with van der Waals surface area (Å²) in [6, 6.07) is 16.7. The molecule has 0 aliphatic carbocycles. The Labute approximate surface area is 205 Å². The fraction of sp³-hybridized carbons (Fsp3) is 0.167. The zero-order chi connectivity index (χ0) is 24.2. The topological polar surface area (TPSA) is 106 Å². The third kappa shape index (κ3) is 4.78. The lowest BCUT2D eigenvalue weighted by Gasteiger charge is -2.13. The Balaban J connectivity index is 1.52. The van der Waals surface area contributed by atoms with Crippen LogP contribution in [0.1, 0.15) is 16.8 Å². The second-order valence-electron chi connectivity index (χ2n) is 7.30. The highest BCUT2D eigenvalue weighted by Crippen LogP contribution is 2.31. The van der Waals surface area contributed by atoms with E-state index in [-0.39, 0.29) is 16.9 Å². The van der Waals surface area contributed by atoms with Crippen LogP contribution >= 0.6 is 23.4 Å². The maximum absolute atomic E-state index is 12.8. The van der Waals surface area contributed by atoms with Crippen molar-refractivity contribution in [1.29, 1.82) is 5.26 Å². The molecule has 0 saturated heterocycles. The molecule has 8 nitrogen and oxygen atoms in total. The van der Waals surface area contributed by atoms with Gasteiger partial charge in [0, 0.05) is 22.0 Å². The van der Waals surface area contributed by atoms with Gasteiger partial charge in [0.2, 0.25) is 11.8 Å². The van der Waals surface area contributed by atoms with Gasteiger partial charge in [0.1, 0.15) is 17.6 Å². The molecular weight excluding hydrogens is 474 g/mol. The number of aromatic nitrogens is 3. The highest BCUT2D eigenvalue weighted by molar-refractivity contribution is 7.99. The van der Waals surface area contributed by atoms with E-state index in [2.05, 4.69) is 21.6 Å². The molecule has 0 fully saturated rings. The molecule has 2 heterocycles. The number of benzene rings is 2. The number of methoxy groups -OCH3 is 1. The largest absolute Gasteiger partial charge is 0.497 e. The molecule has 2 aromatic heterocycles. The fourth-order valence-electron chi connectivity index (χ4n) is 3.42. The molecule has 172 valence electrons. The highest BCUT2D eigenvalue weighted by Gasteiger charge is 2.21. The van der Waals surface area contributed by atoms with Crippen LogP contribution in [0.25, 0.3) is 17.1 Å². The lowest BCUT2D eigenvalue weighted by molar-refractivity contribution is -0.113. The van der Waals surface area contributed by atoms with Crippen LogP contribution < -0.4 is 10.1 Å². The maximum Gasteiger partial charge on any atom is 0.277 e. The van der Waals surface area contributed by atoms with Gasteiger partial charge in [-0.15, -0.1) is 10.2 Å². The smallest absolute Gasteiger partial charge is 0.277 e. The van der Waals surface area contributed by atoms with E-state index in [1.165, 1.54) is 0 Å². The first-order valence-corrected chi connectivity index (χ1v) is 11.6. The number of carbonyl (C=O) groups is 1. The molecule has 10 heteroatoms. The van der Waals surface area contributed by atoms with E-state index in [1.54, 1.807) is 25.3 Å². The second kappa shape index (κ2) is 10.0. The number of nitrogens with zero attached hydrogens (tertiary/aromatic N) is 4. The Kier molecular flexibility index (Phi) is 6.91. The van der Waals surface area contributed by atoms with Gasteiger partial charge in [-0.2, -0.15) is 5.26 Å². The summed E-state index contributed by atoms with van der Waals surface area (Å²) in [6.45, 7) is 3.76. The molecule has 1 amide bonds. The van der Waals surface area contributed by atoms with Gasteiger partial charge in [-0.1, -0.05) is 29.4 Å². The molecule has 0 radical (unpaired) electrons. The first-order chi connectivity index (χ1) is 16.4. The lowest BCUT2D eigenvalue weighted by atomic mass is 10.2. The third-order valence-corrected chi connectivity index (χ3v) is 6.27. The predicted molar refractivity (Wildman–Crippen MR) is 131 cm³/mol. The van der Waals surface area contributed by atoms with Crippen LogP contribution in [0.2, 0.25) is 5.02 Å². The quantitative estimate of drug-likeness (QED) is 0.343. The number of hydrogen-bond donors (Lipinski definition) is 1. The summed E-state index contributed by atoms with van der Waals surface area (Å²) in [5, 5.41) is 21.4. The molecule has 0 unspecified atom stereocenters. The summed E-state index contributed by atoms with van der Waals surface area (Å²) in [5.74, 6) is 1.16. The molecule has 0 atom stereocenters. The van der Waals surface area contributed by atoms with Crippen molar-refractivity contribution in [1.82, 2.24) is 14.8 Å². The van der Waals surface area contributed by atoms with E-state index in [9.17, 15) is 10.1 Å². The van der Waals surface area contributed by atoms with Crippen LogP contribution in [0, 0.1) is 25.2 Å². The second-order valence-corrected chi connectivity index (χ2v) is 8.66. The van der Waals surface area contributed by atoms with Gasteiger partial charge in [-0.05, 0) is 61.9 Å². The molecule has 2 aromatic carbocycles. The summed E-state index contributed by atoms with van der Waals surface area (Å²) >= 11 is 7.12. The third-order valence-electron chi connectivity index (χ3n) is 5.22. The van der Waals surface area contributed by atoms with Crippen LogP contribution in [-0.2, 0) is 4.79 Å². The van der Waals surface area contributed by atoms with Gasteiger partial charge in [-0.25, -0.2) is 0 Å². The lowest BCUT2D eigenvalue weighted by Crippen LogP contribution is -2.17. The molecule has 0 aliphatic heterocycles.